The third-order valence-electron chi connectivity index (χ3n) is 5.84. The molecule has 2 N–H and O–H groups in total. The van der Waals surface area contributed by atoms with Crippen molar-refractivity contribution in [2.45, 2.75) is 12.5 Å². The molecule has 0 radical (unpaired) electrons. The first-order valence-corrected chi connectivity index (χ1v) is 9.68. The minimum Gasteiger partial charge on any atom is -0.375 e. The number of Topliss-reactive ketones (excluding diaryl/α,β-unsaturated/α-hetero) is 1. The van der Waals surface area contributed by atoms with Crippen molar-refractivity contribution in [3.63, 3.8) is 0 Å². The summed E-state index contributed by atoms with van der Waals surface area (Å²) in [4.78, 5) is 29.3. The van der Waals surface area contributed by atoms with Crippen LogP contribution in [0.4, 0.5) is 5.69 Å². The van der Waals surface area contributed by atoms with Gasteiger partial charge in [0.15, 0.2) is 18.1 Å². The number of anilines is 1. The van der Waals surface area contributed by atoms with Crippen molar-refractivity contribution >= 4 is 17.4 Å². The smallest absolute Gasteiger partial charge is 0.268 e. The molecule has 0 aliphatic carbocycles. The van der Waals surface area contributed by atoms with Gasteiger partial charge in [-0.2, -0.15) is 0 Å². The Morgan fingerprint density at radius 3 is 2.50 bits per heavy atom. The molecule has 0 bridgehead atoms. The van der Waals surface area contributed by atoms with E-state index in [-0.39, 0.29) is 5.78 Å². The number of carbonyl (C=O) groups is 2. The summed E-state index contributed by atoms with van der Waals surface area (Å²) in [5, 5.41) is 11.6. The zero-order valence-electron chi connectivity index (χ0n) is 15.9. The van der Waals surface area contributed by atoms with E-state index in [2.05, 4.69) is 0 Å². The van der Waals surface area contributed by atoms with E-state index < -0.39 is 17.4 Å². The van der Waals surface area contributed by atoms with E-state index in [4.69, 9.17) is 4.74 Å². The van der Waals surface area contributed by atoms with Gasteiger partial charge in [-0.3, -0.25) is 14.5 Å². The molecule has 2 aliphatic rings. The summed E-state index contributed by atoms with van der Waals surface area (Å²) in [6.45, 7) is 5.02. The fourth-order valence-corrected chi connectivity index (χ4v) is 4.12. The summed E-state index contributed by atoms with van der Waals surface area (Å²) in [5.74, 6) is -1.57. The molecule has 1 fully saturated rings. The number of hydrogen-bond acceptors (Lipinski definition) is 4. The number of para-hydroxylation sites is 1. The van der Waals surface area contributed by atoms with Crippen molar-refractivity contribution in [2.75, 3.05) is 37.9 Å². The van der Waals surface area contributed by atoms with Gasteiger partial charge in [-0.15, -0.1) is 0 Å². The number of ketones is 1. The molecule has 0 aromatic heterocycles. The Morgan fingerprint density at radius 2 is 1.79 bits per heavy atom. The number of quaternary nitrogens is 1. The molecule has 2 aromatic carbocycles. The maximum absolute atomic E-state index is 13.4. The van der Waals surface area contributed by atoms with Crippen LogP contribution in [-0.4, -0.2) is 49.8 Å². The van der Waals surface area contributed by atoms with E-state index in [1.807, 2.05) is 18.2 Å². The van der Waals surface area contributed by atoms with E-state index in [0.29, 0.717) is 36.7 Å². The summed E-state index contributed by atoms with van der Waals surface area (Å²) in [6, 6.07) is 16.0. The number of fused-ring (bicyclic) bond motifs is 1. The van der Waals surface area contributed by atoms with Crippen LogP contribution in [0.5, 0.6) is 0 Å². The van der Waals surface area contributed by atoms with Crippen LogP contribution in [0.1, 0.15) is 22.8 Å². The van der Waals surface area contributed by atoms with Gasteiger partial charge in [0, 0.05) is 11.1 Å². The van der Waals surface area contributed by atoms with Gasteiger partial charge in [-0.1, -0.05) is 55.5 Å². The van der Waals surface area contributed by atoms with Crippen LogP contribution in [0.3, 0.4) is 0 Å². The summed E-state index contributed by atoms with van der Waals surface area (Å²) in [5.41, 5.74) is -0.188. The Hall–Kier alpha value is -2.54. The van der Waals surface area contributed by atoms with Crippen molar-refractivity contribution in [3.05, 3.63) is 65.7 Å². The molecule has 2 heterocycles. The molecular formula is C22H25N2O4+. The lowest BCUT2D eigenvalue weighted by Crippen LogP contribution is -3.15. The Labute approximate surface area is 164 Å². The molecule has 2 aromatic rings. The Bertz CT molecular complexity index is 879. The topological polar surface area (TPSA) is 71.3 Å². The van der Waals surface area contributed by atoms with Crippen molar-refractivity contribution in [3.8, 4) is 0 Å². The normalized spacial score (nSPS) is 23.5. The first kappa shape index (κ1) is 18.8. The highest BCUT2D eigenvalue weighted by Crippen LogP contribution is 2.45. The van der Waals surface area contributed by atoms with Gasteiger partial charge >= 0.3 is 0 Å². The second-order valence-electron chi connectivity index (χ2n) is 7.49. The molecule has 146 valence electrons. The average molecular weight is 381 g/mol. The van der Waals surface area contributed by atoms with Crippen LogP contribution < -0.4 is 9.80 Å². The number of carbonyl (C=O) groups excluding carboxylic acids is 2. The van der Waals surface area contributed by atoms with E-state index >= 15 is 0 Å². The van der Waals surface area contributed by atoms with E-state index in [9.17, 15) is 14.7 Å². The number of benzene rings is 2. The molecule has 28 heavy (non-hydrogen) atoms. The summed E-state index contributed by atoms with van der Waals surface area (Å²) in [7, 11) is 0. The van der Waals surface area contributed by atoms with Gasteiger partial charge in [-0.25, -0.2) is 0 Å². The van der Waals surface area contributed by atoms with Crippen molar-refractivity contribution in [1.29, 1.82) is 0 Å². The number of hydrogen-bond donors (Lipinski definition) is 2. The number of nitrogens with one attached hydrogen (secondary N) is 1. The number of ether oxygens (including phenoxy) is 1. The fraction of sp³-hybridized carbons (Fsp3) is 0.364. The maximum atomic E-state index is 13.4. The number of nitrogens with zero attached hydrogens (tertiary/aromatic N) is 1. The fourth-order valence-electron chi connectivity index (χ4n) is 4.12. The van der Waals surface area contributed by atoms with Gasteiger partial charge in [0.1, 0.15) is 13.1 Å². The molecule has 0 unspecified atom stereocenters. The largest absolute Gasteiger partial charge is 0.375 e. The molecule has 2 aliphatic heterocycles. The zero-order chi connectivity index (χ0) is 19.7. The van der Waals surface area contributed by atoms with Crippen molar-refractivity contribution < 1.29 is 24.3 Å². The average Bonchev–Trinajstić information content (AvgIpc) is 2.97. The van der Waals surface area contributed by atoms with Crippen LogP contribution in [0.15, 0.2) is 54.6 Å². The van der Waals surface area contributed by atoms with Crippen LogP contribution in [0.2, 0.25) is 0 Å². The lowest BCUT2D eigenvalue weighted by Gasteiger charge is -2.31. The predicted molar refractivity (Wildman–Crippen MR) is 104 cm³/mol. The number of rotatable bonds is 5. The quantitative estimate of drug-likeness (QED) is 0.745. The minimum absolute atomic E-state index is 0.244. The number of morpholine rings is 1. The first-order valence-electron chi connectivity index (χ1n) is 9.68. The third-order valence-corrected chi connectivity index (χ3v) is 5.84. The number of amides is 1. The Balaban J connectivity index is 1.68. The molecule has 6 nitrogen and oxygen atoms in total. The summed E-state index contributed by atoms with van der Waals surface area (Å²) >= 11 is 0. The van der Waals surface area contributed by atoms with E-state index in [1.54, 1.807) is 48.2 Å². The monoisotopic (exact) mass is 381 g/mol. The van der Waals surface area contributed by atoms with Gasteiger partial charge in [0.05, 0.1) is 24.8 Å². The minimum atomic E-state index is -1.87. The second kappa shape index (κ2) is 7.47. The molecule has 1 amide bonds. The third kappa shape index (κ3) is 3.03. The van der Waals surface area contributed by atoms with E-state index in [0.717, 1.165) is 13.1 Å². The lowest BCUT2D eigenvalue weighted by molar-refractivity contribution is -0.906. The van der Waals surface area contributed by atoms with Gasteiger partial charge in [0.2, 0.25) is 0 Å². The zero-order valence-corrected chi connectivity index (χ0v) is 15.9. The first-order chi connectivity index (χ1) is 13.5. The molecule has 4 rings (SSSR count). The lowest BCUT2D eigenvalue weighted by atomic mass is 9.79. The highest BCUT2D eigenvalue weighted by atomic mass is 16.5. The molecule has 2 atom stereocenters. The van der Waals surface area contributed by atoms with Crippen LogP contribution >= 0.6 is 0 Å². The van der Waals surface area contributed by atoms with Crippen LogP contribution in [0, 0.1) is 5.92 Å². The van der Waals surface area contributed by atoms with Gasteiger partial charge in [-0.05, 0) is 6.07 Å². The van der Waals surface area contributed by atoms with E-state index in [1.165, 1.54) is 4.90 Å². The highest BCUT2D eigenvalue weighted by Gasteiger charge is 2.56. The van der Waals surface area contributed by atoms with Crippen molar-refractivity contribution in [2.24, 2.45) is 5.92 Å². The molecule has 1 saturated heterocycles. The van der Waals surface area contributed by atoms with Gasteiger partial charge in [0.25, 0.3) is 5.91 Å². The SMILES string of the molecule is C[C@H](C(=O)c1ccccc1)[C@]1(O)C(=O)N(C[NH+]2CCOCC2)c2ccccc21. The van der Waals surface area contributed by atoms with Crippen molar-refractivity contribution in [1.82, 2.24) is 0 Å². The summed E-state index contributed by atoms with van der Waals surface area (Å²) in [6.07, 6.45) is 0. The summed E-state index contributed by atoms with van der Waals surface area (Å²) < 4.78 is 5.40. The standard InChI is InChI=1S/C22H24N2O4/c1-16(20(25)17-7-3-2-4-8-17)22(27)18-9-5-6-10-19(18)24(21(22)26)15-23-11-13-28-14-12-23/h2-10,16,27H,11-15H2,1H3/p+1/t16-,22-/m1/s1. The highest BCUT2D eigenvalue weighted by molar-refractivity contribution is 6.11. The molecule has 0 saturated carbocycles. The van der Waals surface area contributed by atoms with Crippen LogP contribution in [0.25, 0.3) is 0 Å². The number of aliphatic hydroxyl groups is 1. The van der Waals surface area contributed by atoms with Crippen LogP contribution in [-0.2, 0) is 15.1 Å². The predicted octanol–water partition coefficient (Wildman–Crippen LogP) is 0.612. The molecule has 6 heteroatoms. The second-order valence-corrected chi connectivity index (χ2v) is 7.49. The molecule has 0 spiro atoms. The Kier molecular flexibility index (Phi) is 5.02. The maximum Gasteiger partial charge on any atom is 0.268 e. The Morgan fingerprint density at radius 1 is 1.14 bits per heavy atom. The molecular weight excluding hydrogens is 356 g/mol. The van der Waals surface area contributed by atoms with Gasteiger partial charge < -0.3 is 14.7 Å².